The van der Waals surface area contributed by atoms with Crippen molar-refractivity contribution >= 4 is 16.8 Å². The number of H-pyrrole nitrogens is 1. The van der Waals surface area contributed by atoms with E-state index in [0.29, 0.717) is 23.4 Å². The summed E-state index contributed by atoms with van der Waals surface area (Å²) in [6, 6.07) is 13.5. The standard InChI is InChI=1S/C15H11N5O/c21-15-14-19-18-12(9-10-5-2-1-3-6-10)20(14)13-11(17-15)7-4-8-16-13/h1-8H,9H2,(H,17,21). The number of hydrogen-bond donors (Lipinski definition) is 1. The van der Waals surface area contributed by atoms with Gasteiger partial charge in [0.05, 0.1) is 5.52 Å². The molecule has 4 aromatic rings. The van der Waals surface area contributed by atoms with Crippen molar-refractivity contribution in [1.82, 2.24) is 24.6 Å². The van der Waals surface area contributed by atoms with Crippen LogP contribution in [-0.2, 0) is 6.42 Å². The lowest BCUT2D eigenvalue weighted by Gasteiger charge is -2.03. The third-order valence-electron chi connectivity index (χ3n) is 3.38. The SMILES string of the molecule is O=c1[nH]c2cccnc2n2c(Cc3ccccc3)nnc12. The number of pyridine rings is 1. The molecule has 102 valence electrons. The second kappa shape index (κ2) is 4.52. The summed E-state index contributed by atoms with van der Waals surface area (Å²) in [5.74, 6) is 0.700. The molecule has 0 unspecified atom stereocenters. The van der Waals surface area contributed by atoms with Crippen LogP contribution in [0.4, 0.5) is 0 Å². The maximum absolute atomic E-state index is 12.1. The van der Waals surface area contributed by atoms with Crippen molar-refractivity contribution in [2.45, 2.75) is 6.42 Å². The van der Waals surface area contributed by atoms with E-state index in [1.165, 1.54) is 0 Å². The van der Waals surface area contributed by atoms with Gasteiger partial charge in [-0.15, -0.1) is 10.2 Å². The first kappa shape index (κ1) is 11.8. The molecule has 0 atom stereocenters. The fourth-order valence-corrected chi connectivity index (χ4v) is 2.43. The lowest BCUT2D eigenvalue weighted by atomic mass is 10.1. The number of nitrogens with zero attached hydrogens (tertiary/aromatic N) is 4. The first-order valence-electron chi connectivity index (χ1n) is 6.58. The number of fused-ring (bicyclic) bond motifs is 3. The lowest BCUT2D eigenvalue weighted by molar-refractivity contribution is 0.941. The van der Waals surface area contributed by atoms with Crippen molar-refractivity contribution in [3.05, 3.63) is 70.4 Å². The van der Waals surface area contributed by atoms with E-state index >= 15 is 0 Å². The Kier molecular flexibility index (Phi) is 2.53. The van der Waals surface area contributed by atoms with Crippen LogP contribution in [0.25, 0.3) is 16.8 Å². The van der Waals surface area contributed by atoms with Crippen molar-refractivity contribution in [3.8, 4) is 0 Å². The molecule has 0 saturated carbocycles. The predicted molar refractivity (Wildman–Crippen MR) is 78.2 cm³/mol. The Hall–Kier alpha value is -3.02. The first-order chi connectivity index (χ1) is 10.3. The molecule has 21 heavy (non-hydrogen) atoms. The molecule has 0 fully saturated rings. The zero-order valence-corrected chi connectivity index (χ0v) is 11.0. The third kappa shape index (κ3) is 1.88. The second-order valence-corrected chi connectivity index (χ2v) is 4.77. The number of nitrogens with one attached hydrogen (secondary N) is 1. The van der Waals surface area contributed by atoms with Crippen LogP contribution in [0.2, 0.25) is 0 Å². The van der Waals surface area contributed by atoms with E-state index in [1.807, 2.05) is 36.4 Å². The maximum atomic E-state index is 12.1. The van der Waals surface area contributed by atoms with Crippen LogP contribution in [0, 0.1) is 0 Å². The van der Waals surface area contributed by atoms with Gasteiger partial charge in [0.25, 0.3) is 5.56 Å². The van der Waals surface area contributed by atoms with E-state index < -0.39 is 0 Å². The molecule has 0 aliphatic carbocycles. The van der Waals surface area contributed by atoms with Gasteiger partial charge >= 0.3 is 0 Å². The molecule has 0 bridgehead atoms. The molecule has 1 N–H and O–H groups in total. The zero-order valence-electron chi connectivity index (χ0n) is 11.0. The molecule has 0 saturated heterocycles. The molecule has 6 heteroatoms. The van der Waals surface area contributed by atoms with E-state index in [0.717, 1.165) is 5.56 Å². The molecule has 0 aliphatic rings. The zero-order chi connectivity index (χ0) is 14.2. The maximum Gasteiger partial charge on any atom is 0.294 e. The van der Waals surface area contributed by atoms with Gasteiger partial charge in [-0.3, -0.25) is 9.20 Å². The molecule has 0 amide bonds. The van der Waals surface area contributed by atoms with E-state index in [-0.39, 0.29) is 11.2 Å². The van der Waals surface area contributed by atoms with Crippen LogP contribution < -0.4 is 5.56 Å². The monoisotopic (exact) mass is 277 g/mol. The van der Waals surface area contributed by atoms with Gasteiger partial charge in [0.2, 0.25) is 5.65 Å². The first-order valence-corrected chi connectivity index (χ1v) is 6.58. The smallest absolute Gasteiger partial charge is 0.294 e. The Morgan fingerprint density at radius 3 is 2.71 bits per heavy atom. The van der Waals surface area contributed by atoms with E-state index in [2.05, 4.69) is 20.2 Å². The summed E-state index contributed by atoms with van der Waals surface area (Å²) >= 11 is 0. The summed E-state index contributed by atoms with van der Waals surface area (Å²) in [4.78, 5) is 19.2. The molecule has 0 radical (unpaired) electrons. The van der Waals surface area contributed by atoms with Crippen molar-refractivity contribution in [1.29, 1.82) is 0 Å². The molecule has 3 heterocycles. The largest absolute Gasteiger partial charge is 0.316 e. The average molecular weight is 277 g/mol. The predicted octanol–water partition coefficient (Wildman–Crippen LogP) is 1.56. The quantitative estimate of drug-likeness (QED) is 0.603. The highest BCUT2D eigenvalue weighted by atomic mass is 16.1. The summed E-state index contributed by atoms with van der Waals surface area (Å²) in [7, 11) is 0. The molecular formula is C15H11N5O. The highest BCUT2D eigenvalue weighted by Gasteiger charge is 2.13. The molecule has 0 aliphatic heterocycles. The van der Waals surface area contributed by atoms with Crippen LogP contribution in [0.5, 0.6) is 0 Å². The van der Waals surface area contributed by atoms with Gasteiger partial charge in [-0.2, -0.15) is 0 Å². The highest BCUT2D eigenvalue weighted by molar-refractivity contribution is 5.72. The fraction of sp³-hybridized carbons (Fsp3) is 0.0667. The number of aromatic nitrogens is 5. The summed E-state index contributed by atoms with van der Waals surface area (Å²) in [5, 5.41) is 8.15. The number of aromatic amines is 1. The normalized spacial score (nSPS) is 11.2. The lowest BCUT2D eigenvalue weighted by Crippen LogP contribution is -2.12. The third-order valence-corrected chi connectivity index (χ3v) is 3.38. The van der Waals surface area contributed by atoms with Gasteiger partial charge in [0.1, 0.15) is 5.82 Å². The minimum atomic E-state index is -0.262. The summed E-state index contributed by atoms with van der Waals surface area (Å²) < 4.78 is 1.72. The molecule has 0 spiro atoms. The Labute approximate surface area is 119 Å². The van der Waals surface area contributed by atoms with Crippen molar-refractivity contribution in [2.24, 2.45) is 0 Å². The van der Waals surface area contributed by atoms with Gasteiger partial charge < -0.3 is 4.98 Å². The van der Waals surface area contributed by atoms with Crippen LogP contribution in [0.15, 0.2) is 53.5 Å². The van der Waals surface area contributed by atoms with Gasteiger partial charge in [-0.05, 0) is 17.7 Å². The fourth-order valence-electron chi connectivity index (χ4n) is 2.43. The van der Waals surface area contributed by atoms with E-state index in [9.17, 15) is 4.79 Å². The van der Waals surface area contributed by atoms with Crippen LogP contribution in [0.1, 0.15) is 11.4 Å². The molecular weight excluding hydrogens is 266 g/mol. The van der Waals surface area contributed by atoms with Crippen LogP contribution in [-0.4, -0.2) is 24.6 Å². The van der Waals surface area contributed by atoms with E-state index in [4.69, 9.17) is 0 Å². The highest BCUT2D eigenvalue weighted by Crippen LogP contribution is 2.13. The Balaban J connectivity index is 2.00. The molecule has 6 nitrogen and oxygen atoms in total. The van der Waals surface area contributed by atoms with Gasteiger partial charge in [0, 0.05) is 12.6 Å². The van der Waals surface area contributed by atoms with E-state index in [1.54, 1.807) is 16.7 Å². The number of rotatable bonds is 2. The Morgan fingerprint density at radius 1 is 1.00 bits per heavy atom. The molecule has 4 rings (SSSR count). The van der Waals surface area contributed by atoms with Gasteiger partial charge in [0.15, 0.2) is 5.65 Å². The molecule has 1 aromatic carbocycles. The van der Waals surface area contributed by atoms with Crippen LogP contribution >= 0.6 is 0 Å². The van der Waals surface area contributed by atoms with Crippen LogP contribution in [0.3, 0.4) is 0 Å². The van der Waals surface area contributed by atoms with Gasteiger partial charge in [-0.1, -0.05) is 30.3 Å². The Bertz CT molecular complexity index is 987. The second-order valence-electron chi connectivity index (χ2n) is 4.77. The summed E-state index contributed by atoms with van der Waals surface area (Å²) in [5.41, 5.74) is 2.44. The minimum absolute atomic E-state index is 0.262. The van der Waals surface area contributed by atoms with Gasteiger partial charge in [-0.25, -0.2) is 4.98 Å². The minimum Gasteiger partial charge on any atom is -0.316 e. The number of hydrogen-bond acceptors (Lipinski definition) is 4. The average Bonchev–Trinajstić information content (AvgIpc) is 2.93. The van der Waals surface area contributed by atoms with Crippen molar-refractivity contribution in [2.75, 3.05) is 0 Å². The van der Waals surface area contributed by atoms with Crippen molar-refractivity contribution in [3.63, 3.8) is 0 Å². The summed E-state index contributed by atoms with van der Waals surface area (Å²) in [6.45, 7) is 0. The number of benzene rings is 1. The molecule has 3 aromatic heterocycles. The topological polar surface area (TPSA) is 75.9 Å². The van der Waals surface area contributed by atoms with Crippen molar-refractivity contribution < 1.29 is 0 Å². The Morgan fingerprint density at radius 2 is 1.86 bits per heavy atom. The summed E-state index contributed by atoms with van der Waals surface area (Å²) in [6.07, 6.45) is 2.28.